The largest absolute Gasteiger partial charge is 0.393 e. The van der Waals surface area contributed by atoms with E-state index in [4.69, 9.17) is 0 Å². The molecule has 1 aromatic rings. The molecule has 0 unspecified atom stereocenters. The zero-order valence-electron chi connectivity index (χ0n) is 17.4. The fraction of sp³-hybridized carbons (Fsp3) is 0.654. The van der Waals surface area contributed by atoms with Gasteiger partial charge in [0.05, 0.1) is 6.10 Å². The molecule has 2 nitrogen and oxygen atoms in total. The van der Waals surface area contributed by atoms with Gasteiger partial charge in [-0.2, -0.15) is 0 Å². The van der Waals surface area contributed by atoms with Crippen LogP contribution in [0.15, 0.2) is 35.9 Å². The number of aliphatic hydroxyl groups excluding tert-OH is 1. The van der Waals surface area contributed by atoms with Crippen LogP contribution in [0, 0.1) is 34.5 Å². The maximum atomic E-state index is 13.4. The predicted molar refractivity (Wildman–Crippen MR) is 113 cm³/mol. The monoisotopic (exact) mass is 378 g/mol. The minimum absolute atomic E-state index is 0.0862. The van der Waals surface area contributed by atoms with E-state index in [0.717, 1.165) is 42.7 Å². The molecule has 1 aromatic carbocycles. The van der Waals surface area contributed by atoms with E-state index >= 15 is 0 Å². The van der Waals surface area contributed by atoms with E-state index in [2.05, 4.69) is 44.2 Å². The van der Waals surface area contributed by atoms with Crippen LogP contribution in [0.2, 0.25) is 0 Å². The molecular weight excluding hydrogens is 344 g/mol. The highest BCUT2D eigenvalue weighted by Gasteiger charge is 2.61. The summed E-state index contributed by atoms with van der Waals surface area (Å²) in [5.41, 5.74) is 2.43. The molecule has 1 N–H and O–H groups in total. The standard InChI is InChI=1S/C26H34O2/c1-25-12-10-20(27)16-19(25)8-9-21-22(25)11-13-26(2)23(21)15-18(24(26)28)14-17-6-4-3-5-7-17/h3-7,14,19-23,27H,8-13,15-16H2,1-2H3/b18-14+/t19-,20+,21-,22+,23-,25+,26-/m0/s1. The summed E-state index contributed by atoms with van der Waals surface area (Å²) in [7, 11) is 0. The number of hydrogen-bond donors (Lipinski definition) is 1. The zero-order chi connectivity index (χ0) is 19.5. The van der Waals surface area contributed by atoms with Gasteiger partial charge in [-0.3, -0.25) is 4.79 Å². The lowest BCUT2D eigenvalue weighted by Crippen LogP contribution is -2.54. The Balaban J connectivity index is 1.45. The van der Waals surface area contributed by atoms with Crippen molar-refractivity contribution in [1.82, 2.24) is 0 Å². The lowest BCUT2D eigenvalue weighted by Gasteiger charge is -2.59. The molecule has 2 heteroatoms. The number of benzene rings is 1. The minimum atomic E-state index is -0.154. The molecule has 4 saturated carbocycles. The zero-order valence-corrected chi connectivity index (χ0v) is 17.4. The predicted octanol–water partition coefficient (Wildman–Crippen LogP) is 5.65. The molecule has 0 saturated heterocycles. The summed E-state index contributed by atoms with van der Waals surface area (Å²) < 4.78 is 0. The summed E-state index contributed by atoms with van der Waals surface area (Å²) >= 11 is 0. The molecular formula is C26H34O2. The Labute approximate surface area is 169 Å². The minimum Gasteiger partial charge on any atom is -0.393 e. The van der Waals surface area contributed by atoms with Crippen LogP contribution in [0.4, 0.5) is 0 Å². The molecule has 4 fully saturated rings. The van der Waals surface area contributed by atoms with Gasteiger partial charge in [-0.05, 0) is 97.7 Å². The Hall–Kier alpha value is -1.41. The van der Waals surface area contributed by atoms with Crippen LogP contribution in [0.1, 0.15) is 70.8 Å². The fourth-order valence-electron chi connectivity index (χ4n) is 7.79. The Kier molecular flexibility index (Phi) is 4.36. The van der Waals surface area contributed by atoms with Gasteiger partial charge in [0.25, 0.3) is 0 Å². The second kappa shape index (κ2) is 6.55. The number of ketones is 1. The number of fused-ring (bicyclic) bond motifs is 5. The number of rotatable bonds is 1. The third-order valence-corrected chi connectivity index (χ3v) is 9.42. The first kappa shape index (κ1) is 18.6. The van der Waals surface area contributed by atoms with Crippen LogP contribution in [-0.2, 0) is 4.79 Å². The van der Waals surface area contributed by atoms with Gasteiger partial charge in [-0.1, -0.05) is 44.2 Å². The molecule has 0 aromatic heterocycles. The molecule has 4 aliphatic rings. The summed E-state index contributed by atoms with van der Waals surface area (Å²) in [5.74, 6) is 3.03. The highest BCUT2D eigenvalue weighted by Crippen LogP contribution is 2.66. The van der Waals surface area contributed by atoms with Crippen molar-refractivity contribution in [2.45, 2.75) is 71.3 Å². The van der Waals surface area contributed by atoms with Crippen LogP contribution in [0.25, 0.3) is 6.08 Å². The average Bonchev–Trinajstić information content (AvgIpc) is 2.94. The number of hydrogen-bond acceptors (Lipinski definition) is 2. The average molecular weight is 379 g/mol. The van der Waals surface area contributed by atoms with Gasteiger partial charge in [-0.25, -0.2) is 0 Å². The molecule has 5 rings (SSSR count). The van der Waals surface area contributed by atoms with E-state index < -0.39 is 0 Å². The van der Waals surface area contributed by atoms with E-state index in [9.17, 15) is 9.90 Å². The number of carbonyl (C=O) groups excluding carboxylic acids is 1. The third-order valence-electron chi connectivity index (χ3n) is 9.42. The van der Waals surface area contributed by atoms with Crippen LogP contribution in [0.3, 0.4) is 0 Å². The van der Waals surface area contributed by atoms with Crippen LogP contribution in [0.5, 0.6) is 0 Å². The number of allylic oxidation sites excluding steroid dienone is 1. The Morgan fingerprint density at radius 3 is 2.57 bits per heavy atom. The summed E-state index contributed by atoms with van der Waals surface area (Å²) in [6, 6.07) is 10.3. The number of carbonyl (C=O) groups is 1. The lowest BCUT2D eigenvalue weighted by atomic mass is 9.45. The van der Waals surface area contributed by atoms with Crippen molar-refractivity contribution in [2.24, 2.45) is 34.5 Å². The van der Waals surface area contributed by atoms with Crippen molar-refractivity contribution < 1.29 is 9.90 Å². The van der Waals surface area contributed by atoms with E-state index in [-0.39, 0.29) is 11.5 Å². The molecule has 0 radical (unpaired) electrons. The van der Waals surface area contributed by atoms with Gasteiger partial charge in [0, 0.05) is 5.41 Å². The first-order valence-electron chi connectivity index (χ1n) is 11.4. The maximum absolute atomic E-state index is 13.4. The molecule has 150 valence electrons. The van der Waals surface area contributed by atoms with Crippen molar-refractivity contribution in [2.75, 3.05) is 0 Å². The highest BCUT2D eigenvalue weighted by molar-refractivity contribution is 6.05. The van der Waals surface area contributed by atoms with E-state index in [1.54, 1.807) is 0 Å². The quantitative estimate of drug-likeness (QED) is 0.641. The second-order valence-electron chi connectivity index (χ2n) is 10.7. The maximum Gasteiger partial charge on any atom is 0.165 e. The SMILES string of the molecule is C[C@@]12CC[C@@H](O)C[C@@H]1CC[C@H]1[C@H]2CC[C@]2(C)C(=O)/C(=C/c3ccccc3)C[C@@H]12. The van der Waals surface area contributed by atoms with Crippen molar-refractivity contribution in [3.05, 3.63) is 41.5 Å². The normalized spacial score (nSPS) is 46.8. The molecule has 0 bridgehead atoms. The van der Waals surface area contributed by atoms with Crippen LogP contribution in [-0.4, -0.2) is 17.0 Å². The van der Waals surface area contributed by atoms with Gasteiger partial charge in [-0.15, -0.1) is 0 Å². The highest BCUT2D eigenvalue weighted by atomic mass is 16.3. The summed E-state index contributed by atoms with van der Waals surface area (Å²) in [6.07, 6.45) is 10.9. The molecule has 0 aliphatic heterocycles. The van der Waals surface area contributed by atoms with Crippen molar-refractivity contribution in [3.63, 3.8) is 0 Å². The van der Waals surface area contributed by atoms with E-state index in [0.29, 0.717) is 29.0 Å². The summed E-state index contributed by atoms with van der Waals surface area (Å²) in [5, 5.41) is 10.2. The van der Waals surface area contributed by atoms with Crippen molar-refractivity contribution in [1.29, 1.82) is 0 Å². The molecule has 0 heterocycles. The first-order chi connectivity index (χ1) is 13.4. The van der Waals surface area contributed by atoms with Crippen molar-refractivity contribution >= 4 is 11.9 Å². The molecule has 7 atom stereocenters. The number of aliphatic hydroxyl groups is 1. The lowest BCUT2D eigenvalue weighted by molar-refractivity contribution is -0.141. The van der Waals surface area contributed by atoms with E-state index in [1.165, 1.54) is 25.7 Å². The Morgan fingerprint density at radius 1 is 1.00 bits per heavy atom. The van der Waals surface area contributed by atoms with Gasteiger partial charge in [0.15, 0.2) is 5.78 Å². The van der Waals surface area contributed by atoms with Gasteiger partial charge in [0.2, 0.25) is 0 Å². The smallest absolute Gasteiger partial charge is 0.165 e. The molecule has 0 amide bonds. The fourth-order valence-corrected chi connectivity index (χ4v) is 7.79. The Morgan fingerprint density at radius 2 is 1.79 bits per heavy atom. The molecule has 28 heavy (non-hydrogen) atoms. The van der Waals surface area contributed by atoms with Crippen LogP contribution >= 0.6 is 0 Å². The number of Topliss-reactive ketones (excluding diaryl/α,β-unsaturated/α-hetero) is 1. The molecule has 0 spiro atoms. The third kappa shape index (κ3) is 2.67. The topological polar surface area (TPSA) is 37.3 Å². The second-order valence-corrected chi connectivity index (χ2v) is 10.7. The van der Waals surface area contributed by atoms with Gasteiger partial charge < -0.3 is 5.11 Å². The van der Waals surface area contributed by atoms with Gasteiger partial charge in [0.1, 0.15) is 0 Å². The molecule has 4 aliphatic carbocycles. The first-order valence-corrected chi connectivity index (χ1v) is 11.4. The Bertz CT molecular complexity index is 796. The van der Waals surface area contributed by atoms with Gasteiger partial charge >= 0.3 is 0 Å². The van der Waals surface area contributed by atoms with Crippen molar-refractivity contribution in [3.8, 4) is 0 Å². The summed E-state index contributed by atoms with van der Waals surface area (Å²) in [4.78, 5) is 13.4. The van der Waals surface area contributed by atoms with Crippen LogP contribution < -0.4 is 0 Å². The summed E-state index contributed by atoms with van der Waals surface area (Å²) in [6.45, 7) is 4.78. The van der Waals surface area contributed by atoms with E-state index in [1.807, 2.05) is 6.07 Å².